The molecule has 0 aliphatic heterocycles. The summed E-state index contributed by atoms with van der Waals surface area (Å²) >= 11 is 0. The van der Waals surface area contributed by atoms with Crippen LogP contribution in [0.3, 0.4) is 0 Å². The largest absolute Gasteiger partial charge is 0.491 e. The molecule has 4 rings (SSSR count). The number of benzene rings is 2. The zero-order valence-corrected chi connectivity index (χ0v) is 18.0. The zero-order valence-electron chi connectivity index (χ0n) is 18.0. The first-order valence-electron chi connectivity index (χ1n) is 10.4. The van der Waals surface area contributed by atoms with Crippen molar-refractivity contribution in [3.8, 4) is 5.75 Å². The smallest absolute Gasteiger partial charge is 0.253 e. The Balaban J connectivity index is 1.54. The Morgan fingerprint density at radius 1 is 1.13 bits per heavy atom. The van der Waals surface area contributed by atoms with Crippen molar-refractivity contribution < 1.29 is 9.53 Å². The Kier molecular flexibility index (Phi) is 5.98. The van der Waals surface area contributed by atoms with E-state index in [2.05, 4.69) is 40.8 Å². The number of aryl methyl sites for hydroxylation is 2. The Labute approximate surface area is 181 Å². The minimum absolute atomic E-state index is 0.175. The third-order valence-electron chi connectivity index (χ3n) is 5.25. The fourth-order valence-electron chi connectivity index (χ4n) is 3.71. The summed E-state index contributed by atoms with van der Waals surface area (Å²) in [7, 11) is 0. The number of nitrogens with one attached hydrogen (secondary N) is 1. The molecule has 0 spiro atoms. The molecule has 0 fully saturated rings. The van der Waals surface area contributed by atoms with Gasteiger partial charge in [-0.05, 0) is 56.7 Å². The standard InChI is InChI=1S/C25H26N4O2/c1-17-10-11-23(18(2)15-17)31-14-13-29-22-9-5-4-8-21(22)28-24(29)19(3)27-25(30)20-7-6-12-26-16-20/h4-12,15-16,19H,13-14H2,1-3H3,(H,27,30). The maximum absolute atomic E-state index is 12.6. The van der Waals surface area contributed by atoms with Crippen molar-refractivity contribution in [2.45, 2.75) is 33.4 Å². The van der Waals surface area contributed by atoms with Gasteiger partial charge in [0.15, 0.2) is 0 Å². The molecule has 0 saturated heterocycles. The summed E-state index contributed by atoms with van der Waals surface area (Å²) in [6, 6.07) is 17.4. The predicted molar refractivity (Wildman–Crippen MR) is 121 cm³/mol. The number of ether oxygens (including phenoxy) is 1. The average molecular weight is 415 g/mol. The molecule has 158 valence electrons. The number of rotatable bonds is 7. The second kappa shape index (κ2) is 9.00. The minimum Gasteiger partial charge on any atom is -0.491 e. The average Bonchev–Trinajstić information content (AvgIpc) is 3.15. The first-order chi connectivity index (χ1) is 15.0. The number of aromatic nitrogens is 3. The van der Waals surface area contributed by atoms with Crippen LogP contribution in [0.15, 0.2) is 67.0 Å². The van der Waals surface area contributed by atoms with Crippen LogP contribution in [-0.2, 0) is 6.54 Å². The van der Waals surface area contributed by atoms with E-state index in [4.69, 9.17) is 9.72 Å². The van der Waals surface area contributed by atoms with Gasteiger partial charge in [-0.15, -0.1) is 0 Å². The van der Waals surface area contributed by atoms with Crippen LogP contribution < -0.4 is 10.1 Å². The lowest BCUT2D eigenvalue weighted by atomic mass is 10.1. The topological polar surface area (TPSA) is 69.0 Å². The van der Waals surface area contributed by atoms with Gasteiger partial charge in [0.25, 0.3) is 5.91 Å². The van der Waals surface area contributed by atoms with E-state index in [1.165, 1.54) is 5.56 Å². The number of carbonyl (C=O) groups excluding carboxylic acids is 1. The fraction of sp³-hybridized carbons (Fsp3) is 0.240. The summed E-state index contributed by atoms with van der Waals surface area (Å²) in [4.78, 5) is 21.4. The first-order valence-corrected chi connectivity index (χ1v) is 10.4. The summed E-state index contributed by atoms with van der Waals surface area (Å²) in [5.74, 6) is 1.50. The number of hydrogen-bond acceptors (Lipinski definition) is 4. The maximum Gasteiger partial charge on any atom is 0.253 e. The molecule has 31 heavy (non-hydrogen) atoms. The minimum atomic E-state index is -0.277. The molecule has 1 amide bonds. The molecule has 2 heterocycles. The van der Waals surface area contributed by atoms with Crippen LogP contribution in [-0.4, -0.2) is 27.0 Å². The summed E-state index contributed by atoms with van der Waals surface area (Å²) in [5, 5.41) is 3.03. The monoisotopic (exact) mass is 414 g/mol. The van der Waals surface area contributed by atoms with Crippen LogP contribution in [0.4, 0.5) is 0 Å². The van der Waals surface area contributed by atoms with E-state index in [1.807, 2.05) is 37.3 Å². The van der Waals surface area contributed by atoms with Crippen molar-refractivity contribution in [3.05, 3.63) is 89.5 Å². The summed E-state index contributed by atoms with van der Waals surface area (Å²) in [6.07, 6.45) is 3.21. The molecule has 0 radical (unpaired) electrons. The molecule has 1 atom stereocenters. The number of fused-ring (bicyclic) bond motifs is 1. The van der Waals surface area contributed by atoms with Gasteiger partial charge in [0.05, 0.1) is 29.2 Å². The van der Waals surface area contributed by atoms with Gasteiger partial charge in [0, 0.05) is 12.4 Å². The highest BCUT2D eigenvalue weighted by atomic mass is 16.5. The molecular weight excluding hydrogens is 388 g/mol. The Bertz CT molecular complexity index is 1200. The lowest BCUT2D eigenvalue weighted by Crippen LogP contribution is -2.29. The van der Waals surface area contributed by atoms with E-state index >= 15 is 0 Å². The molecule has 0 bridgehead atoms. The van der Waals surface area contributed by atoms with Crippen LogP contribution in [0.1, 0.15) is 40.3 Å². The number of para-hydroxylation sites is 2. The molecule has 6 heteroatoms. The van der Waals surface area contributed by atoms with Crippen LogP contribution in [0.2, 0.25) is 0 Å². The van der Waals surface area contributed by atoms with Gasteiger partial charge in [0.1, 0.15) is 18.2 Å². The summed E-state index contributed by atoms with van der Waals surface area (Å²) in [6.45, 7) is 7.19. The lowest BCUT2D eigenvalue weighted by molar-refractivity contribution is 0.0937. The van der Waals surface area contributed by atoms with Crippen LogP contribution in [0.25, 0.3) is 11.0 Å². The van der Waals surface area contributed by atoms with Crippen molar-refractivity contribution in [1.82, 2.24) is 19.9 Å². The van der Waals surface area contributed by atoms with Crippen molar-refractivity contribution in [2.24, 2.45) is 0 Å². The Morgan fingerprint density at radius 3 is 2.74 bits per heavy atom. The molecule has 0 aliphatic carbocycles. The van der Waals surface area contributed by atoms with E-state index in [1.54, 1.807) is 24.5 Å². The molecule has 0 saturated carbocycles. The number of nitrogens with zero attached hydrogens (tertiary/aromatic N) is 3. The summed E-state index contributed by atoms with van der Waals surface area (Å²) < 4.78 is 8.17. The zero-order chi connectivity index (χ0) is 21.8. The number of imidazole rings is 1. The van der Waals surface area contributed by atoms with Crippen molar-refractivity contribution in [1.29, 1.82) is 0 Å². The van der Waals surface area contributed by atoms with Gasteiger partial charge in [-0.3, -0.25) is 9.78 Å². The third kappa shape index (κ3) is 4.58. The maximum atomic E-state index is 12.6. The highest BCUT2D eigenvalue weighted by Gasteiger charge is 2.19. The number of amides is 1. The SMILES string of the molecule is Cc1ccc(OCCn2c(C(C)NC(=O)c3cccnc3)nc3ccccc32)c(C)c1. The predicted octanol–water partition coefficient (Wildman–Crippen LogP) is 4.62. The quantitative estimate of drug-likeness (QED) is 0.479. The normalized spacial score (nSPS) is 12.0. The van der Waals surface area contributed by atoms with E-state index < -0.39 is 0 Å². The Morgan fingerprint density at radius 2 is 1.97 bits per heavy atom. The van der Waals surface area contributed by atoms with Gasteiger partial charge >= 0.3 is 0 Å². The third-order valence-corrected chi connectivity index (χ3v) is 5.25. The highest BCUT2D eigenvalue weighted by molar-refractivity contribution is 5.94. The highest BCUT2D eigenvalue weighted by Crippen LogP contribution is 2.22. The number of carbonyl (C=O) groups is 1. The van der Waals surface area contributed by atoms with Gasteiger partial charge in [-0.2, -0.15) is 0 Å². The van der Waals surface area contributed by atoms with E-state index in [9.17, 15) is 4.79 Å². The summed E-state index contributed by atoms with van der Waals surface area (Å²) in [5.41, 5.74) is 4.77. The second-order valence-electron chi connectivity index (χ2n) is 7.66. The molecule has 2 aromatic heterocycles. The van der Waals surface area contributed by atoms with E-state index in [0.717, 1.165) is 28.2 Å². The van der Waals surface area contributed by atoms with Crippen molar-refractivity contribution in [3.63, 3.8) is 0 Å². The molecule has 2 aromatic carbocycles. The molecule has 1 N–H and O–H groups in total. The van der Waals surface area contributed by atoms with Crippen molar-refractivity contribution >= 4 is 16.9 Å². The number of pyridine rings is 1. The van der Waals surface area contributed by atoms with E-state index in [-0.39, 0.29) is 11.9 Å². The lowest BCUT2D eigenvalue weighted by Gasteiger charge is -2.17. The van der Waals surface area contributed by atoms with Crippen molar-refractivity contribution in [2.75, 3.05) is 6.61 Å². The number of hydrogen-bond donors (Lipinski definition) is 1. The molecule has 4 aromatic rings. The van der Waals surface area contributed by atoms with Crippen LogP contribution in [0.5, 0.6) is 5.75 Å². The molecule has 6 nitrogen and oxygen atoms in total. The second-order valence-corrected chi connectivity index (χ2v) is 7.66. The van der Waals surface area contributed by atoms with Gasteiger partial charge in [0.2, 0.25) is 0 Å². The molecule has 0 aliphatic rings. The first kappa shape index (κ1) is 20.6. The Hall–Kier alpha value is -3.67. The molecule has 1 unspecified atom stereocenters. The van der Waals surface area contributed by atoms with Crippen LogP contribution in [0, 0.1) is 13.8 Å². The fourth-order valence-corrected chi connectivity index (χ4v) is 3.71. The van der Waals surface area contributed by atoms with Gasteiger partial charge in [-0.1, -0.05) is 29.8 Å². The van der Waals surface area contributed by atoms with E-state index in [0.29, 0.717) is 18.7 Å². The van der Waals surface area contributed by atoms with Crippen LogP contribution >= 0.6 is 0 Å². The van der Waals surface area contributed by atoms with Gasteiger partial charge in [-0.25, -0.2) is 4.98 Å². The molecular formula is C25H26N4O2. The van der Waals surface area contributed by atoms with Gasteiger partial charge < -0.3 is 14.6 Å².